The average molecular weight is 357 g/mol. The Labute approximate surface area is 156 Å². The van der Waals surface area contributed by atoms with E-state index in [9.17, 15) is 4.79 Å². The zero-order valence-corrected chi connectivity index (χ0v) is 15.4. The monoisotopic (exact) mass is 357 g/mol. The number of nitrogens with zero attached hydrogens (tertiary/aromatic N) is 4. The van der Waals surface area contributed by atoms with Gasteiger partial charge in [-0.15, -0.1) is 5.10 Å². The normalized spacial score (nSPS) is 10.9. The third-order valence-electron chi connectivity index (χ3n) is 4.75. The molecule has 134 valence electrons. The molecule has 27 heavy (non-hydrogen) atoms. The number of hydrogen-bond acceptors (Lipinski definition) is 4. The lowest BCUT2D eigenvalue weighted by Crippen LogP contribution is -2.15. The molecule has 0 atom stereocenters. The van der Waals surface area contributed by atoms with E-state index in [2.05, 4.69) is 20.6 Å². The van der Waals surface area contributed by atoms with Gasteiger partial charge in [0.05, 0.1) is 16.9 Å². The molecule has 4 aromatic rings. The Hall–Kier alpha value is -3.54. The number of aryl methyl sites for hydroxylation is 1. The first-order valence-corrected chi connectivity index (χ1v) is 8.70. The summed E-state index contributed by atoms with van der Waals surface area (Å²) in [6.45, 7) is 5.92. The van der Waals surface area contributed by atoms with Crippen molar-refractivity contribution in [3.8, 4) is 5.69 Å². The van der Waals surface area contributed by atoms with Crippen molar-refractivity contribution < 1.29 is 4.79 Å². The molecule has 0 aliphatic carbocycles. The van der Waals surface area contributed by atoms with E-state index in [0.29, 0.717) is 11.5 Å². The molecule has 1 N–H and O–H groups in total. The Morgan fingerprint density at radius 1 is 0.963 bits per heavy atom. The molecule has 6 heteroatoms. The van der Waals surface area contributed by atoms with Crippen LogP contribution in [0.4, 0.5) is 5.82 Å². The fraction of sp³-hybridized carbons (Fsp3) is 0.143. The average Bonchev–Trinajstić information content (AvgIpc) is 3.05. The van der Waals surface area contributed by atoms with Crippen molar-refractivity contribution in [2.75, 3.05) is 5.32 Å². The van der Waals surface area contributed by atoms with Gasteiger partial charge in [0.2, 0.25) is 0 Å². The van der Waals surface area contributed by atoms with Crippen molar-refractivity contribution in [1.29, 1.82) is 0 Å². The topological polar surface area (TPSA) is 72.7 Å². The van der Waals surface area contributed by atoms with Gasteiger partial charge >= 0.3 is 0 Å². The molecule has 0 saturated carbocycles. The van der Waals surface area contributed by atoms with Crippen molar-refractivity contribution >= 4 is 22.6 Å². The highest BCUT2D eigenvalue weighted by molar-refractivity contribution is 6.03. The largest absolute Gasteiger partial charge is 0.305 e. The number of para-hydroxylation sites is 1. The first-order chi connectivity index (χ1) is 13.0. The highest BCUT2D eigenvalue weighted by atomic mass is 16.2. The molecule has 0 fully saturated rings. The molecular formula is C21H19N5O. The lowest BCUT2D eigenvalue weighted by molar-refractivity contribution is 0.102. The molecule has 0 unspecified atom stereocenters. The van der Waals surface area contributed by atoms with Crippen LogP contribution < -0.4 is 5.32 Å². The quantitative estimate of drug-likeness (QED) is 0.602. The molecule has 2 aromatic carbocycles. The third-order valence-corrected chi connectivity index (χ3v) is 4.75. The van der Waals surface area contributed by atoms with Crippen LogP contribution in [0.15, 0.2) is 54.6 Å². The maximum atomic E-state index is 12.7. The summed E-state index contributed by atoms with van der Waals surface area (Å²) in [7, 11) is 0. The Morgan fingerprint density at radius 2 is 1.78 bits per heavy atom. The molecule has 2 aromatic heterocycles. The number of carbonyl (C=O) groups excluding carboxylic acids is 1. The van der Waals surface area contributed by atoms with Crippen LogP contribution in [0.2, 0.25) is 0 Å². The lowest BCUT2D eigenvalue weighted by Gasteiger charge is -2.09. The van der Waals surface area contributed by atoms with Gasteiger partial charge in [0.1, 0.15) is 5.82 Å². The number of amides is 1. The Balaban J connectivity index is 1.64. The van der Waals surface area contributed by atoms with E-state index in [4.69, 9.17) is 0 Å². The first-order valence-electron chi connectivity index (χ1n) is 8.70. The molecule has 6 nitrogen and oxygen atoms in total. The van der Waals surface area contributed by atoms with Crippen molar-refractivity contribution in [2.24, 2.45) is 0 Å². The van der Waals surface area contributed by atoms with Gasteiger partial charge in [0.15, 0.2) is 5.69 Å². The molecule has 0 aliphatic heterocycles. The summed E-state index contributed by atoms with van der Waals surface area (Å²) < 4.78 is 1.70. The standard InChI is InChI=1S/C21H19N5O/c1-13-7-6-10-18(14(13)2)26-15(3)20(24-25-26)21(27)23-19-12-11-16-8-4-5-9-17(16)22-19/h4-12H,1-3H3,(H,22,23,27). The smallest absolute Gasteiger partial charge is 0.279 e. The van der Waals surface area contributed by atoms with E-state index < -0.39 is 0 Å². The molecule has 1 amide bonds. The van der Waals surface area contributed by atoms with E-state index in [1.165, 1.54) is 0 Å². The number of aromatic nitrogens is 4. The number of pyridine rings is 1. The Bertz CT molecular complexity index is 1160. The van der Waals surface area contributed by atoms with E-state index in [1.54, 1.807) is 10.7 Å². The van der Waals surface area contributed by atoms with Gasteiger partial charge in [0.25, 0.3) is 5.91 Å². The third kappa shape index (κ3) is 3.06. The van der Waals surface area contributed by atoms with Crippen LogP contribution in [-0.2, 0) is 0 Å². The van der Waals surface area contributed by atoms with E-state index in [1.807, 2.05) is 69.3 Å². The minimum Gasteiger partial charge on any atom is -0.305 e. The number of nitrogens with one attached hydrogen (secondary N) is 1. The summed E-state index contributed by atoms with van der Waals surface area (Å²) in [5.74, 6) is 0.159. The zero-order chi connectivity index (χ0) is 19.0. The van der Waals surface area contributed by atoms with E-state index in [-0.39, 0.29) is 11.6 Å². The second kappa shape index (κ2) is 6.64. The fourth-order valence-corrected chi connectivity index (χ4v) is 3.04. The number of carbonyl (C=O) groups is 1. The molecule has 0 aliphatic rings. The summed E-state index contributed by atoms with van der Waals surface area (Å²) >= 11 is 0. The van der Waals surface area contributed by atoms with Gasteiger partial charge in [-0.3, -0.25) is 4.79 Å². The Kier molecular flexibility index (Phi) is 4.16. The molecule has 2 heterocycles. The molecule has 0 radical (unpaired) electrons. The predicted molar refractivity (Wildman–Crippen MR) is 105 cm³/mol. The highest BCUT2D eigenvalue weighted by Gasteiger charge is 2.19. The molecule has 0 spiro atoms. The summed E-state index contributed by atoms with van der Waals surface area (Å²) in [6.07, 6.45) is 0. The molecule has 0 bridgehead atoms. The summed E-state index contributed by atoms with van der Waals surface area (Å²) in [5.41, 5.74) is 4.98. The van der Waals surface area contributed by atoms with Crippen molar-refractivity contribution in [1.82, 2.24) is 20.0 Å². The van der Waals surface area contributed by atoms with Crippen LogP contribution in [-0.4, -0.2) is 25.9 Å². The summed E-state index contributed by atoms with van der Waals surface area (Å²) in [5, 5.41) is 12.1. The fourth-order valence-electron chi connectivity index (χ4n) is 3.04. The van der Waals surface area contributed by atoms with Crippen molar-refractivity contribution in [3.05, 3.63) is 77.1 Å². The van der Waals surface area contributed by atoms with Crippen molar-refractivity contribution in [3.63, 3.8) is 0 Å². The second-order valence-electron chi connectivity index (χ2n) is 6.50. The van der Waals surface area contributed by atoms with E-state index in [0.717, 1.165) is 27.7 Å². The van der Waals surface area contributed by atoms with Gasteiger partial charge in [-0.25, -0.2) is 9.67 Å². The van der Waals surface area contributed by atoms with E-state index >= 15 is 0 Å². The van der Waals surface area contributed by atoms with Crippen LogP contribution in [0.5, 0.6) is 0 Å². The van der Waals surface area contributed by atoms with Crippen LogP contribution in [0.1, 0.15) is 27.3 Å². The minimum absolute atomic E-state index is 0.283. The van der Waals surface area contributed by atoms with Gasteiger partial charge < -0.3 is 5.32 Å². The highest BCUT2D eigenvalue weighted by Crippen LogP contribution is 2.20. The second-order valence-corrected chi connectivity index (χ2v) is 6.50. The van der Waals surface area contributed by atoms with Crippen molar-refractivity contribution in [2.45, 2.75) is 20.8 Å². The van der Waals surface area contributed by atoms with Gasteiger partial charge in [-0.05, 0) is 56.2 Å². The van der Waals surface area contributed by atoms with Gasteiger partial charge in [-0.2, -0.15) is 0 Å². The number of rotatable bonds is 3. The van der Waals surface area contributed by atoms with Crippen LogP contribution >= 0.6 is 0 Å². The summed E-state index contributed by atoms with van der Waals surface area (Å²) in [4.78, 5) is 17.2. The number of benzene rings is 2. The molecular weight excluding hydrogens is 338 g/mol. The van der Waals surface area contributed by atoms with Gasteiger partial charge in [-0.1, -0.05) is 35.5 Å². The Morgan fingerprint density at radius 3 is 2.63 bits per heavy atom. The maximum absolute atomic E-state index is 12.7. The summed E-state index contributed by atoms with van der Waals surface area (Å²) in [6, 6.07) is 17.5. The molecule has 4 rings (SSSR count). The van der Waals surface area contributed by atoms with Gasteiger partial charge in [0, 0.05) is 5.39 Å². The van der Waals surface area contributed by atoms with Crippen LogP contribution in [0, 0.1) is 20.8 Å². The predicted octanol–water partition coefficient (Wildman–Crippen LogP) is 3.99. The SMILES string of the molecule is Cc1cccc(-n2nnc(C(=O)Nc3ccc4ccccc4n3)c2C)c1C. The van der Waals surface area contributed by atoms with Crippen LogP contribution in [0.25, 0.3) is 16.6 Å². The lowest BCUT2D eigenvalue weighted by atomic mass is 10.1. The number of fused-ring (bicyclic) bond motifs is 1. The van der Waals surface area contributed by atoms with Crippen LogP contribution in [0.3, 0.4) is 0 Å². The molecule has 0 saturated heterocycles. The maximum Gasteiger partial charge on any atom is 0.279 e. The minimum atomic E-state index is -0.327. The number of hydrogen-bond donors (Lipinski definition) is 1. The number of anilines is 1. The zero-order valence-electron chi connectivity index (χ0n) is 15.4. The first kappa shape index (κ1) is 16.9.